The van der Waals surface area contributed by atoms with E-state index in [1.165, 1.54) is 5.56 Å². The van der Waals surface area contributed by atoms with Gasteiger partial charge in [-0.3, -0.25) is 9.69 Å². The van der Waals surface area contributed by atoms with E-state index in [4.69, 9.17) is 15.2 Å². The summed E-state index contributed by atoms with van der Waals surface area (Å²) in [4.78, 5) is 14.2. The van der Waals surface area contributed by atoms with Crippen molar-refractivity contribution in [3.63, 3.8) is 0 Å². The molecule has 1 heterocycles. The molecule has 6 heteroatoms. The monoisotopic (exact) mass is 321 g/mol. The lowest BCUT2D eigenvalue weighted by atomic mass is 10.0. The molecule has 1 saturated heterocycles. The molecule has 1 atom stereocenters. The average Bonchev–Trinajstić information content (AvgIpc) is 2.61. The maximum atomic E-state index is 11.9. The number of nitrogens with one attached hydrogen (secondary N) is 1. The molecule has 0 bridgehead atoms. The molecule has 1 aromatic carbocycles. The number of morpholine rings is 1. The van der Waals surface area contributed by atoms with Crippen molar-refractivity contribution < 1.29 is 14.3 Å². The highest BCUT2D eigenvalue weighted by Gasteiger charge is 2.23. The largest absolute Gasteiger partial charge is 0.497 e. The van der Waals surface area contributed by atoms with E-state index in [-0.39, 0.29) is 11.9 Å². The Kier molecular flexibility index (Phi) is 7.32. The van der Waals surface area contributed by atoms with Crippen LogP contribution < -0.4 is 15.8 Å². The Hall–Kier alpha value is -1.63. The highest BCUT2D eigenvalue weighted by atomic mass is 16.5. The third-order valence-corrected chi connectivity index (χ3v) is 4.09. The Bertz CT molecular complexity index is 472. The summed E-state index contributed by atoms with van der Waals surface area (Å²) in [5.41, 5.74) is 6.63. The highest BCUT2D eigenvalue weighted by molar-refractivity contribution is 5.75. The smallest absolute Gasteiger partial charge is 0.220 e. The fourth-order valence-corrected chi connectivity index (χ4v) is 2.73. The number of amides is 1. The van der Waals surface area contributed by atoms with Gasteiger partial charge in [-0.15, -0.1) is 0 Å². The lowest BCUT2D eigenvalue weighted by Gasteiger charge is -2.35. The fraction of sp³-hybridized carbons (Fsp3) is 0.588. The van der Waals surface area contributed by atoms with Crippen LogP contribution in [0.15, 0.2) is 24.3 Å². The highest BCUT2D eigenvalue weighted by Crippen LogP contribution is 2.23. The Morgan fingerprint density at radius 3 is 2.65 bits per heavy atom. The average molecular weight is 321 g/mol. The minimum absolute atomic E-state index is 0.0576. The van der Waals surface area contributed by atoms with Gasteiger partial charge in [-0.1, -0.05) is 12.1 Å². The van der Waals surface area contributed by atoms with Crippen LogP contribution in [0.25, 0.3) is 0 Å². The second-order valence-electron chi connectivity index (χ2n) is 5.63. The van der Waals surface area contributed by atoms with Crippen molar-refractivity contribution in [2.24, 2.45) is 5.73 Å². The SMILES string of the molecule is COc1ccc(C(CNC(=O)CCCN)N2CCOCC2)cc1. The van der Waals surface area contributed by atoms with Crippen LogP contribution in [-0.2, 0) is 9.53 Å². The first-order valence-electron chi connectivity index (χ1n) is 8.17. The van der Waals surface area contributed by atoms with Crippen LogP contribution in [0.1, 0.15) is 24.4 Å². The van der Waals surface area contributed by atoms with Crippen molar-refractivity contribution >= 4 is 5.91 Å². The number of ether oxygens (including phenoxy) is 2. The molecule has 1 aliphatic heterocycles. The molecule has 0 saturated carbocycles. The molecule has 0 spiro atoms. The van der Waals surface area contributed by atoms with Gasteiger partial charge in [0.15, 0.2) is 0 Å². The number of methoxy groups -OCH3 is 1. The zero-order valence-electron chi connectivity index (χ0n) is 13.8. The molecule has 128 valence electrons. The number of rotatable bonds is 8. The summed E-state index contributed by atoms with van der Waals surface area (Å²) in [6.45, 7) is 4.33. The summed E-state index contributed by atoms with van der Waals surface area (Å²) < 4.78 is 10.7. The molecule has 6 nitrogen and oxygen atoms in total. The third kappa shape index (κ3) is 5.49. The lowest BCUT2D eigenvalue weighted by molar-refractivity contribution is -0.121. The van der Waals surface area contributed by atoms with Gasteiger partial charge in [-0.2, -0.15) is 0 Å². The molecule has 0 aromatic heterocycles. The molecule has 0 aliphatic carbocycles. The predicted molar refractivity (Wildman–Crippen MR) is 89.4 cm³/mol. The summed E-state index contributed by atoms with van der Waals surface area (Å²) in [6, 6.07) is 8.18. The molecule has 2 rings (SSSR count). The minimum atomic E-state index is 0.0576. The third-order valence-electron chi connectivity index (χ3n) is 4.09. The quantitative estimate of drug-likeness (QED) is 0.745. The summed E-state index contributed by atoms with van der Waals surface area (Å²) in [5.74, 6) is 0.892. The van der Waals surface area contributed by atoms with Crippen LogP contribution in [0.3, 0.4) is 0 Å². The van der Waals surface area contributed by atoms with Gasteiger partial charge in [-0.25, -0.2) is 0 Å². The minimum Gasteiger partial charge on any atom is -0.497 e. The standard InChI is InChI=1S/C17H27N3O3/c1-22-15-6-4-14(5-7-15)16(20-9-11-23-12-10-20)13-19-17(21)3-2-8-18/h4-7,16H,2-3,8-13,18H2,1H3,(H,19,21). The molecule has 1 fully saturated rings. The molecule has 1 aliphatic rings. The van der Waals surface area contributed by atoms with Gasteiger partial charge in [0, 0.05) is 26.1 Å². The topological polar surface area (TPSA) is 76.8 Å². The first-order chi connectivity index (χ1) is 11.2. The second kappa shape index (κ2) is 9.50. The van der Waals surface area contributed by atoms with Gasteiger partial charge < -0.3 is 20.5 Å². The zero-order chi connectivity index (χ0) is 16.5. The van der Waals surface area contributed by atoms with E-state index in [1.54, 1.807) is 7.11 Å². The molecular weight excluding hydrogens is 294 g/mol. The Morgan fingerprint density at radius 1 is 1.35 bits per heavy atom. The summed E-state index contributed by atoms with van der Waals surface area (Å²) in [7, 11) is 1.66. The number of carbonyl (C=O) groups is 1. The van der Waals surface area contributed by atoms with Crippen molar-refractivity contribution in [2.45, 2.75) is 18.9 Å². The Morgan fingerprint density at radius 2 is 2.04 bits per heavy atom. The van der Waals surface area contributed by atoms with Crippen LogP contribution in [0.5, 0.6) is 5.75 Å². The van der Waals surface area contributed by atoms with Crippen LogP contribution in [0, 0.1) is 0 Å². The second-order valence-corrected chi connectivity index (χ2v) is 5.63. The first-order valence-corrected chi connectivity index (χ1v) is 8.17. The van der Waals surface area contributed by atoms with Crippen molar-refractivity contribution in [1.82, 2.24) is 10.2 Å². The molecule has 0 radical (unpaired) electrons. The van der Waals surface area contributed by atoms with Gasteiger partial charge in [0.2, 0.25) is 5.91 Å². The van der Waals surface area contributed by atoms with Crippen molar-refractivity contribution in [1.29, 1.82) is 0 Å². The zero-order valence-corrected chi connectivity index (χ0v) is 13.8. The van der Waals surface area contributed by atoms with Crippen LogP contribution in [0.2, 0.25) is 0 Å². The summed E-state index contributed by atoms with van der Waals surface area (Å²) >= 11 is 0. The van der Waals surface area contributed by atoms with Gasteiger partial charge in [0.25, 0.3) is 0 Å². The van der Waals surface area contributed by atoms with Crippen LogP contribution in [0.4, 0.5) is 0 Å². The Labute approximate surface area is 137 Å². The normalized spacial score (nSPS) is 16.8. The molecule has 3 N–H and O–H groups in total. The number of nitrogens with zero attached hydrogens (tertiary/aromatic N) is 1. The van der Waals surface area contributed by atoms with E-state index in [0.29, 0.717) is 19.5 Å². The number of carbonyl (C=O) groups excluding carboxylic acids is 1. The van der Waals surface area contributed by atoms with Crippen molar-refractivity contribution in [2.75, 3.05) is 46.5 Å². The fourth-order valence-electron chi connectivity index (χ4n) is 2.73. The molecule has 1 amide bonds. The van der Waals surface area contributed by atoms with E-state index >= 15 is 0 Å². The van der Waals surface area contributed by atoms with Gasteiger partial charge >= 0.3 is 0 Å². The summed E-state index contributed by atoms with van der Waals surface area (Å²) in [6.07, 6.45) is 1.20. The number of benzene rings is 1. The van der Waals surface area contributed by atoms with Crippen LogP contribution >= 0.6 is 0 Å². The maximum absolute atomic E-state index is 11.9. The number of hydrogen-bond donors (Lipinski definition) is 2. The number of hydrogen-bond acceptors (Lipinski definition) is 5. The molecule has 23 heavy (non-hydrogen) atoms. The van der Waals surface area contributed by atoms with E-state index in [0.717, 1.165) is 38.5 Å². The van der Waals surface area contributed by atoms with E-state index in [9.17, 15) is 4.79 Å². The van der Waals surface area contributed by atoms with Crippen molar-refractivity contribution in [3.8, 4) is 5.75 Å². The van der Waals surface area contributed by atoms with Crippen molar-refractivity contribution in [3.05, 3.63) is 29.8 Å². The van der Waals surface area contributed by atoms with Crippen LogP contribution in [-0.4, -0.2) is 57.3 Å². The molecular formula is C17H27N3O3. The Balaban J connectivity index is 2.02. The molecule has 1 aromatic rings. The first kappa shape index (κ1) is 17.7. The van der Waals surface area contributed by atoms with E-state index in [2.05, 4.69) is 22.3 Å². The lowest BCUT2D eigenvalue weighted by Crippen LogP contribution is -2.43. The van der Waals surface area contributed by atoms with E-state index < -0.39 is 0 Å². The summed E-state index contributed by atoms with van der Waals surface area (Å²) in [5, 5.41) is 3.03. The predicted octanol–water partition coefficient (Wildman–Crippen LogP) is 0.924. The van der Waals surface area contributed by atoms with Gasteiger partial charge in [0.05, 0.1) is 26.4 Å². The van der Waals surface area contributed by atoms with Gasteiger partial charge in [0.1, 0.15) is 5.75 Å². The molecule has 1 unspecified atom stereocenters. The van der Waals surface area contributed by atoms with E-state index in [1.807, 2.05) is 12.1 Å². The van der Waals surface area contributed by atoms with Gasteiger partial charge in [-0.05, 0) is 30.7 Å². The number of nitrogens with two attached hydrogens (primary N) is 1. The maximum Gasteiger partial charge on any atom is 0.220 e.